The van der Waals surface area contributed by atoms with Crippen LogP contribution in [-0.4, -0.2) is 53.5 Å². The maximum atomic E-state index is 12.9. The van der Waals surface area contributed by atoms with Crippen LogP contribution in [0.5, 0.6) is 5.75 Å². The Labute approximate surface area is 172 Å². The van der Waals surface area contributed by atoms with Crippen molar-refractivity contribution >= 4 is 5.91 Å². The minimum Gasteiger partial charge on any atom is -0.508 e. The molecule has 0 aliphatic carbocycles. The molecule has 1 N–H and O–H groups in total. The van der Waals surface area contributed by atoms with E-state index in [1.54, 1.807) is 12.1 Å². The van der Waals surface area contributed by atoms with E-state index in [1.165, 1.54) is 5.56 Å². The minimum absolute atomic E-state index is 0.102. The second-order valence-electron chi connectivity index (χ2n) is 7.49. The van der Waals surface area contributed by atoms with Gasteiger partial charge in [-0.3, -0.25) is 9.69 Å². The molecule has 3 aromatic carbocycles. The molecule has 4 heteroatoms. The van der Waals surface area contributed by atoms with Crippen LogP contribution in [-0.2, 0) is 6.42 Å². The number of phenols is 1. The van der Waals surface area contributed by atoms with Crippen molar-refractivity contribution in [3.8, 4) is 16.9 Å². The molecule has 4 rings (SSSR count). The zero-order valence-corrected chi connectivity index (χ0v) is 16.5. The summed E-state index contributed by atoms with van der Waals surface area (Å²) in [5, 5.41) is 9.42. The van der Waals surface area contributed by atoms with Crippen molar-refractivity contribution in [1.29, 1.82) is 0 Å². The van der Waals surface area contributed by atoms with E-state index in [2.05, 4.69) is 29.2 Å². The fraction of sp³-hybridized carbons (Fsp3) is 0.240. The summed E-state index contributed by atoms with van der Waals surface area (Å²) in [6.45, 7) is 4.42. The number of carbonyl (C=O) groups is 1. The predicted octanol–water partition coefficient (Wildman–Crippen LogP) is 4.06. The Kier molecular flexibility index (Phi) is 5.92. The SMILES string of the molecule is O=C(c1ccc(-c2ccc(O)cc2)cc1)N1CCN(CCc2ccccc2)CC1. The van der Waals surface area contributed by atoms with E-state index in [4.69, 9.17) is 0 Å². The summed E-state index contributed by atoms with van der Waals surface area (Å²) in [6.07, 6.45) is 1.05. The topological polar surface area (TPSA) is 43.8 Å². The Bertz CT molecular complexity index is 929. The van der Waals surface area contributed by atoms with E-state index in [1.807, 2.05) is 47.4 Å². The normalized spacial score (nSPS) is 14.7. The van der Waals surface area contributed by atoms with E-state index in [-0.39, 0.29) is 11.7 Å². The second kappa shape index (κ2) is 8.93. The Balaban J connectivity index is 1.30. The van der Waals surface area contributed by atoms with Gasteiger partial charge in [0.25, 0.3) is 5.91 Å². The number of rotatable bonds is 5. The number of hydrogen-bond donors (Lipinski definition) is 1. The number of hydrogen-bond acceptors (Lipinski definition) is 3. The lowest BCUT2D eigenvalue weighted by molar-refractivity contribution is 0.0638. The molecule has 1 aliphatic heterocycles. The molecule has 0 saturated carbocycles. The molecule has 0 aromatic heterocycles. The highest BCUT2D eigenvalue weighted by molar-refractivity contribution is 5.94. The van der Waals surface area contributed by atoms with Gasteiger partial charge < -0.3 is 10.0 Å². The largest absolute Gasteiger partial charge is 0.508 e. The highest BCUT2D eigenvalue weighted by Crippen LogP contribution is 2.22. The lowest BCUT2D eigenvalue weighted by atomic mass is 10.0. The van der Waals surface area contributed by atoms with Gasteiger partial charge in [0.2, 0.25) is 0 Å². The van der Waals surface area contributed by atoms with Gasteiger partial charge in [-0.25, -0.2) is 0 Å². The lowest BCUT2D eigenvalue weighted by Gasteiger charge is -2.34. The molecule has 0 atom stereocenters. The third-order valence-corrected chi connectivity index (χ3v) is 5.55. The van der Waals surface area contributed by atoms with Crippen LogP contribution in [0.4, 0.5) is 0 Å². The van der Waals surface area contributed by atoms with Gasteiger partial charge in [0.05, 0.1) is 0 Å². The summed E-state index contributed by atoms with van der Waals surface area (Å²) in [5.74, 6) is 0.355. The van der Waals surface area contributed by atoms with Gasteiger partial charge in [-0.15, -0.1) is 0 Å². The predicted molar refractivity (Wildman–Crippen MR) is 116 cm³/mol. The first kappa shape index (κ1) is 19.2. The molecule has 1 saturated heterocycles. The van der Waals surface area contributed by atoms with Crippen molar-refractivity contribution in [3.05, 3.63) is 90.0 Å². The first-order valence-electron chi connectivity index (χ1n) is 10.1. The van der Waals surface area contributed by atoms with Crippen LogP contribution in [0.2, 0.25) is 0 Å². The van der Waals surface area contributed by atoms with Crippen molar-refractivity contribution in [2.75, 3.05) is 32.7 Å². The Hall–Kier alpha value is -3.11. The van der Waals surface area contributed by atoms with Crippen LogP contribution in [0.3, 0.4) is 0 Å². The average molecular weight is 386 g/mol. The number of carbonyl (C=O) groups excluding carboxylic acids is 1. The number of benzene rings is 3. The summed E-state index contributed by atoms with van der Waals surface area (Å²) in [7, 11) is 0. The number of aromatic hydroxyl groups is 1. The van der Waals surface area contributed by atoms with Crippen molar-refractivity contribution in [2.24, 2.45) is 0 Å². The van der Waals surface area contributed by atoms with E-state index < -0.39 is 0 Å². The average Bonchev–Trinajstić information content (AvgIpc) is 2.79. The zero-order chi connectivity index (χ0) is 20.1. The number of piperazine rings is 1. The van der Waals surface area contributed by atoms with Gasteiger partial charge in [0.1, 0.15) is 5.75 Å². The molecule has 0 radical (unpaired) electrons. The third kappa shape index (κ3) is 4.84. The van der Waals surface area contributed by atoms with Crippen molar-refractivity contribution in [3.63, 3.8) is 0 Å². The van der Waals surface area contributed by atoms with E-state index >= 15 is 0 Å². The van der Waals surface area contributed by atoms with Gasteiger partial charge in [-0.2, -0.15) is 0 Å². The van der Waals surface area contributed by atoms with Crippen LogP contribution in [0.1, 0.15) is 15.9 Å². The number of amides is 1. The molecule has 0 unspecified atom stereocenters. The maximum absolute atomic E-state index is 12.9. The first-order chi connectivity index (χ1) is 14.2. The molecule has 1 fully saturated rings. The maximum Gasteiger partial charge on any atom is 0.253 e. The molecule has 4 nitrogen and oxygen atoms in total. The Morgan fingerprint density at radius 3 is 1.97 bits per heavy atom. The summed E-state index contributed by atoms with van der Waals surface area (Å²) >= 11 is 0. The smallest absolute Gasteiger partial charge is 0.253 e. The number of phenolic OH excluding ortho intramolecular Hbond substituents is 1. The Morgan fingerprint density at radius 2 is 1.34 bits per heavy atom. The van der Waals surface area contributed by atoms with E-state index in [0.717, 1.165) is 55.8 Å². The van der Waals surface area contributed by atoms with Crippen molar-refractivity contribution < 1.29 is 9.90 Å². The van der Waals surface area contributed by atoms with Crippen LogP contribution in [0, 0.1) is 0 Å². The fourth-order valence-electron chi connectivity index (χ4n) is 3.75. The molecule has 29 heavy (non-hydrogen) atoms. The van der Waals surface area contributed by atoms with Crippen LogP contribution in [0.15, 0.2) is 78.9 Å². The summed E-state index contributed by atoms with van der Waals surface area (Å²) in [4.78, 5) is 17.2. The first-order valence-corrected chi connectivity index (χ1v) is 10.1. The third-order valence-electron chi connectivity index (χ3n) is 5.55. The van der Waals surface area contributed by atoms with Crippen LogP contribution >= 0.6 is 0 Å². The minimum atomic E-state index is 0.102. The standard InChI is InChI=1S/C25H26N2O2/c28-24-12-10-22(11-13-24)21-6-8-23(9-7-21)25(29)27-18-16-26(17-19-27)15-14-20-4-2-1-3-5-20/h1-13,28H,14-19H2. The van der Waals surface area contributed by atoms with Crippen molar-refractivity contribution in [1.82, 2.24) is 9.80 Å². The molecule has 148 valence electrons. The molecular weight excluding hydrogens is 360 g/mol. The van der Waals surface area contributed by atoms with Crippen LogP contribution < -0.4 is 0 Å². The molecule has 1 aliphatic rings. The second-order valence-corrected chi connectivity index (χ2v) is 7.49. The summed E-state index contributed by atoms with van der Waals surface area (Å²) in [5.41, 5.74) is 4.14. The highest BCUT2D eigenvalue weighted by Gasteiger charge is 2.21. The van der Waals surface area contributed by atoms with E-state index in [9.17, 15) is 9.90 Å². The zero-order valence-electron chi connectivity index (χ0n) is 16.5. The molecule has 3 aromatic rings. The van der Waals surface area contributed by atoms with Gasteiger partial charge >= 0.3 is 0 Å². The highest BCUT2D eigenvalue weighted by atomic mass is 16.3. The van der Waals surface area contributed by atoms with Crippen LogP contribution in [0.25, 0.3) is 11.1 Å². The van der Waals surface area contributed by atoms with Gasteiger partial charge in [0.15, 0.2) is 0 Å². The van der Waals surface area contributed by atoms with Gasteiger partial charge in [-0.05, 0) is 47.4 Å². The molecule has 1 heterocycles. The molecule has 0 bridgehead atoms. The molecular formula is C25H26N2O2. The lowest BCUT2D eigenvalue weighted by Crippen LogP contribution is -2.49. The van der Waals surface area contributed by atoms with Gasteiger partial charge in [0, 0.05) is 38.3 Å². The quantitative estimate of drug-likeness (QED) is 0.719. The monoisotopic (exact) mass is 386 g/mol. The number of nitrogens with zero attached hydrogens (tertiary/aromatic N) is 2. The van der Waals surface area contributed by atoms with Gasteiger partial charge in [-0.1, -0.05) is 54.6 Å². The van der Waals surface area contributed by atoms with E-state index in [0.29, 0.717) is 0 Å². The molecule has 0 spiro atoms. The molecule has 1 amide bonds. The van der Waals surface area contributed by atoms with Crippen molar-refractivity contribution in [2.45, 2.75) is 6.42 Å². The summed E-state index contributed by atoms with van der Waals surface area (Å²) < 4.78 is 0. The fourth-order valence-corrected chi connectivity index (χ4v) is 3.75. The summed E-state index contributed by atoms with van der Waals surface area (Å²) in [6, 6.07) is 25.4. The Morgan fingerprint density at radius 1 is 0.759 bits per heavy atom.